The van der Waals surface area contributed by atoms with Crippen LogP contribution in [0.3, 0.4) is 0 Å². The molecule has 1 aliphatic carbocycles. The van der Waals surface area contributed by atoms with Crippen LogP contribution in [0.15, 0.2) is 47.0 Å². The van der Waals surface area contributed by atoms with E-state index in [0.29, 0.717) is 24.2 Å². The van der Waals surface area contributed by atoms with Crippen LogP contribution in [0.1, 0.15) is 42.2 Å². The van der Waals surface area contributed by atoms with Gasteiger partial charge in [-0.2, -0.15) is 0 Å². The molecule has 4 rings (SSSR count). The molecule has 1 N–H and O–H groups in total. The van der Waals surface area contributed by atoms with Crippen LogP contribution in [0, 0.1) is 6.92 Å². The molecule has 0 spiro atoms. The second-order valence-corrected chi connectivity index (χ2v) is 6.80. The van der Waals surface area contributed by atoms with Gasteiger partial charge < -0.3 is 14.3 Å². The fourth-order valence-corrected chi connectivity index (χ4v) is 3.12. The van der Waals surface area contributed by atoms with Crippen molar-refractivity contribution in [3.05, 3.63) is 59.6 Å². The van der Waals surface area contributed by atoms with E-state index < -0.39 is 0 Å². The largest absolute Gasteiger partial charge is 0.419 e. The number of benzene rings is 1. The Bertz CT molecular complexity index is 908. The number of hydrogen-bond acceptors (Lipinski definition) is 4. The van der Waals surface area contributed by atoms with Crippen LogP contribution in [-0.2, 0) is 17.9 Å². The summed E-state index contributed by atoms with van der Waals surface area (Å²) in [5.74, 6) is 1.54. The Balaban J connectivity index is 1.41. The van der Waals surface area contributed by atoms with Crippen molar-refractivity contribution in [2.24, 2.45) is 0 Å². The Morgan fingerprint density at radius 3 is 2.85 bits per heavy atom. The monoisotopic (exact) mass is 350 g/mol. The minimum Gasteiger partial charge on any atom is -0.419 e. The summed E-state index contributed by atoms with van der Waals surface area (Å²) in [5, 5.41) is 11.3. The maximum absolute atomic E-state index is 12.3. The Morgan fingerprint density at radius 1 is 1.23 bits per heavy atom. The molecule has 1 amide bonds. The number of aromatic nitrogens is 3. The first-order valence-corrected chi connectivity index (χ1v) is 9.01. The van der Waals surface area contributed by atoms with Crippen LogP contribution in [-0.4, -0.2) is 20.7 Å². The second-order valence-electron chi connectivity index (χ2n) is 6.80. The van der Waals surface area contributed by atoms with E-state index in [2.05, 4.69) is 15.5 Å². The van der Waals surface area contributed by atoms with Gasteiger partial charge >= 0.3 is 0 Å². The molecule has 0 aliphatic heterocycles. The van der Waals surface area contributed by atoms with Gasteiger partial charge in [-0.1, -0.05) is 30.7 Å². The number of carbonyl (C=O) groups excluding carboxylic acids is 1. The molecule has 0 bridgehead atoms. The number of nitrogens with zero attached hydrogens (tertiary/aromatic N) is 3. The molecule has 1 aliphatic rings. The summed E-state index contributed by atoms with van der Waals surface area (Å²) in [6.45, 7) is 2.78. The van der Waals surface area contributed by atoms with Crippen molar-refractivity contribution >= 4 is 5.91 Å². The molecule has 6 nitrogen and oxygen atoms in total. The third-order valence-electron chi connectivity index (χ3n) is 4.99. The molecule has 1 aromatic carbocycles. The van der Waals surface area contributed by atoms with Crippen molar-refractivity contribution in [3.63, 3.8) is 0 Å². The summed E-state index contributed by atoms with van der Waals surface area (Å²) in [6, 6.07) is 11.8. The predicted molar refractivity (Wildman–Crippen MR) is 97.3 cm³/mol. The summed E-state index contributed by atoms with van der Waals surface area (Å²) in [7, 11) is 0. The summed E-state index contributed by atoms with van der Waals surface area (Å²) in [4.78, 5) is 12.3. The summed E-state index contributed by atoms with van der Waals surface area (Å²) >= 11 is 0. The third kappa shape index (κ3) is 3.40. The number of hydrogen-bond donors (Lipinski definition) is 1. The van der Waals surface area contributed by atoms with E-state index in [1.54, 1.807) is 0 Å². The van der Waals surface area contributed by atoms with E-state index in [1.807, 2.05) is 54.1 Å². The summed E-state index contributed by atoms with van der Waals surface area (Å²) < 4.78 is 7.66. The Hall–Kier alpha value is -2.89. The van der Waals surface area contributed by atoms with Gasteiger partial charge in [0.25, 0.3) is 5.89 Å². The zero-order valence-electron chi connectivity index (χ0n) is 14.8. The van der Waals surface area contributed by atoms with Gasteiger partial charge in [0, 0.05) is 18.7 Å². The van der Waals surface area contributed by atoms with Crippen molar-refractivity contribution in [1.82, 2.24) is 20.1 Å². The lowest BCUT2D eigenvalue weighted by atomic mass is 9.85. The lowest BCUT2D eigenvalue weighted by Gasteiger charge is -2.20. The van der Waals surface area contributed by atoms with Gasteiger partial charge in [-0.25, -0.2) is 0 Å². The highest BCUT2D eigenvalue weighted by Gasteiger charge is 2.26. The van der Waals surface area contributed by atoms with Crippen molar-refractivity contribution < 1.29 is 9.21 Å². The smallest absolute Gasteiger partial charge is 0.264 e. The second kappa shape index (κ2) is 7.15. The minimum absolute atomic E-state index is 0.0514. The average Bonchev–Trinajstić information content (AvgIpc) is 3.22. The van der Waals surface area contributed by atoms with Gasteiger partial charge in [0.15, 0.2) is 0 Å². The van der Waals surface area contributed by atoms with Gasteiger partial charge in [0.2, 0.25) is 11.8 Å². The molecule has 6 heteroatoms. The van der Waals surface area contributed by atoms with Gasteiger partial charge in [-0.3, -0.25) is 4.79 Å². The third-order valence-corrected chi connectivity index (χ3v) is 4.99. The molecular weight excluding hydrogens is 328 g/mol. The van der Waals surface area contributed by atoms with Crippen molar-refractivity contribution in [2.45, 2.75) is 45.2 Å². The summed E-state index contributed by atoms with van der Waals surface area (Å²) in [6.07, 6.45) is 5.31. The zero-order valence-corrected chi connectivity index (χ0v) is 14.8. The van der Waals surface area contributed by atoms with Gasteiger partial charge in [-0.15, -0.1) is 10.2 Å². The Morgan fingerprint density at radius 2 is 2.08 bits per heavy atom. The number of rotatable bonds is 6. The topological polar surface area (TPSA) is 73.0 Å². The van der Waals surface area contributed by atoms with Crippen LogP contribution < -0.4 is 5.32 Å². The maximum Gasteiger partial charge on any atom is 0.264 e. The SMILES string of the molecule is Cc1ccccc1CNC(=O)Cn1cccc1-c1nnc(C2CCC2)o1. The molecule has 0 saturated heterocycles. The molecular formula is C20H22N4O2. The van der Waals surface area contributed by atoms with E-state index in [-0.39, 0.29) is 12.5 Å². The lowest BCUT2D eigenvalue weighted by molar-refractivity contribution is -0.121. The first-order chi connectivity index (χ1) is 12.7. The van der Waals surface area contributed by atoms with E-state index in [4.69, 9.17) is 4.42 Å². The highest BCUT2D eigenvalue weighted by atomic mass is 16.4. The number of nitrogens with one attached hydrogen (secondary N) is 1. The molecule has 0 radical (unpaired) electrons. The predicted octanol–water partition coefficient (Wildman–Crippen LogP) is 3.43. The number of aryl methyl sites for hydroxylation is 1. The molecule has 1 fully saturated rings. The molecule has 2 heterocycles. The lowest BCUT2D eigenvalue weighted by Crippen LogP contribution is -2.27. The molecule has 0 unspecified atom stereocenters. The molecule has 2 aromatic heterocycles. The standard InChI is InChI=1S/C20H22N4O2/c1-14-6-2-3-7-16(14)12-21-18(25)13-24-11-5-10-17(24)20-23-22-19(26-20)15-8-4-9-15/h2-3,5-7,10-11,15H,4,8-9,12-13H2,1H3,(H,21,25). The number of carbonyl (C=O) groups is 1. The molecule has 0 atom stereocenters. The van der Waals surface area contributed by atoms with E-state index in [9.17, 15) is 4.79 Å². The average molecular weight is 350 g/mol. The zero-order chi connectivity index (χ0) is 17.9. The van der Waals surface area contributed by atoms with E-state index >= 15 is 0 Å². The normalized spacial score (nSPS) is 14.2. The molecule has 3 aromatic rings. The maximum atomic E-state index is 12.3. The van der Waals surface area contributed by atoms with Crippen molar-refractivity contribution in [3.8, 4) is 11.6 Å². The van der Waals surface area contributed by atoms with Crippen LogP contribution in [0.2, 0.25) is 0 Å². The molecule has 26 heavy (non-hydrogen) atoms. The van der Waals surface area contributed by atoms with Gasteiger partial charge in [-0.05, 0) is 43.0 Å². The van der Waals surface area contributed by atoms with Gasteiger partial charge in [0.1, 0.15) is 12.2 Å². The van der Waals surface area contributed by atoms with Crippen molar-refractivity contribution in [1.29, 1.82) is 0 Å². The summed E-state index contributed by atoms with van der Waals surface area (Å²) in [5.41, 5.74) is 3.06. The number of amides is 1. The van der Waals surface area contributed by atoms with Gasteiger partial charge in [0.05, 0.1) is 0 Å². The fourth-order valence-electron chi connectivity index (χ4n) is 3.12. The first-order valence-electron chi connectivity index (χ1n) is 9.01. The highest BCUT2D eigenvalue weighted by Crippen LogP contribution is 2.36. The molecule has 134 valence electrons. The van der Waals surface area contributed by atoms with Crippen LogP contribution in [0.5, 0.6) is 0 Å². The molecule has 1 saturated carbocycles. The highest BCUT2D eigenvalue weighted by molar-refractivity contribution is 5.76. The minimum atomic E-state index is -0.0514. The fraction of sp³-hybridized carbons (Fsp3) is 0.350. The van der Waals surface area contributed by atoms with E-state index in [0.717, 1.165) is 24.1 Å². The Kier molecular flexibility index (Phi) is 4.56. The van der Waals surface area contributed by atoms with Crippen LogP contribution in [0.4, 0.5) is 0 Å². The van der Waals surface area contributed by atoms with Crippen LogP contribution >= 0.6 is 0 Å². The van der Waals surface area contributed by atoms with E-state index in [1.165, 1.54) is 12.0 Å². The van der Waals surface area contributed by atoms with Crippen LogP contribution in [0.25, 0.3) is 11.6 Å². The Labute approximate surface area is 152 Å². The first kappa shape index (κ1) is 16.6. The quantitative estimate of drug-likeness (QED) is 0.739. The van der Waals surface area contributed by atoms with Crippen molar-refractivity contribution in [2.75, 3.05) is 0 Å².